The van der Waals surface area contributed by atoms with Crippen LogP contribution in [0, 0.1) is 20.8 Å². The van der Waals surface area contributed by atoms with Crippen LogP contribution in [-0.4, -0.2) is 21.5 Å². The van der Waals surface area contributed by atoms with E-state index in [4.69, 9.17) is 9.84 Å². The van der Waals surface area contributed by atoms with Gasteiger partial charge in [-0.2, -0.15) is 5.10 Å². The highest BCUT2D eigenvalue weighted by Gasteiger charge is 2.28. The third-order valence-corrected chi connectivity index (χ3v) is 4.74. The third kappa shape index (κ3) is 2.60. The lowest BCUT2D eigenvalue weighted by atomic mass is 9.98. The fourth-order valence-electron chi connectivity index (χ4n) is 3.67. The van der Waals surface area contributed by atoms with Crippen LogP contribution in [0.15, 0.2) is 36.4 Å². The average molecular weight is 349 g/mol. The van der Waals surface area contributed by atoms with E-state index in [1.54, 1.807) is 6.07 Å². The largest absolute Gasteiger partial charge is 0.504 e. The molecule has 1 aliphatic heterocycles. The minimum Gasteiger partial charge on any atom is -0.504 e. The lowest BCUT2D eigenvalue weighted by Crippen LogP contribution is -2.26. The van der Waals surface area contributed by atoms with Crippen molar-refractivity contribution < 1.29 is 9.84 Å². The third-order valence-electron chi connectivity index (χ3n) is 4.74. The molecular formula is C21H23N3O2. The van der Waals surface area contributed by atoms with E-state index in [2.05, 4.69) is 37.4 Å². The van der Waals surface area contributed by atoms with Gasteiger partial charge in [-0.15, -0.1) is 0 Å². The highest BCUT2D eigenvalue weighted by atomic mass is 16.5. The second kappa shape index (κ2) is 6.09. The molecule has 0 unspecified atom stereocenters. The van der Waals surface area contributed by atoms with Gasteiger partial charge in [-0.1, -0.05) is 17.7 Å². The summed E-state index contributed by atoms with van der Waals surface area (Å²) in [5.41, 5.74) is 7.79. The summed E-state index contributed by atoms with van der Waals surface area (Å²) in [6, 6.07) is 12.0. The maximum absolute atomic E-state index is 10.0. The van der Waals surface area contributed by atoms with Crippen LogP contribution in [0.1, 0.15) is 35.5 Å². The summed E-state index contributed by atoms with van der Waals surface area (Å²) < 4.78 is 7.58. The summed E-state index contributed by atoms with van der Waals surface area (Å²) in [5, 5.41) is 18.4. The molecule has 5 nitrogen and oxygen atoms in total. The molecule has 0 saturated carbocycles. The standard InChI is InChI=1S/C21H23N3O2/c1-5-26-19-11-15(6-7-18(19)25)21-22-20-13(3)8-12(2)9-16(20)17-10-14(4)23-24(17)21/h6-11,21-22,25H,5H2,1-4H3/t21-/m1/s1. The van der Waals surface area contributed by atoms with Gasteiger partial charge in [-0.05, 0) is 57.5 Å². The first-order chi connectivity index (χ1) is 12.5. The molecule has 0 fully saturated rings. The van der Waals surface area contributed by atoms with Gasteiger partial charge >= 0.3 is 0 Å². The second-order valence-electron chi connectivity index (χ2n) is 6.83. The number of phenolic OH excluding ortho intramolecular Hbond substituents is 1. The number of aromatic nitrogens is 2. The van der Waals surface area contributed by atoms with Crippen LogP contribution in [0.2, 0.25) is 0 Å². The number of fused-ring (bicyclic) bond motifs is 3. The van der Waals surface area contributed by atoms with Crippen LogP contribution in [0.5, 0.6) is 11.5 Å². The smallest absolute Gasteiger partial charge is 0.161 e. The summed E-state index contributed by atoms with van der Waals surface area (Å²) in [7, 11) is 0. The zero-order valence-electron chi connectivity index (χ0n) is 15.5. The van der Waals surface area contributed by atoms with E-state index in [0.717, 1.165) is 22.6 Å². The Bertz CT molecular complexity index is 991. The zero-order chi connectivity index (χ0) is 18.4. The number of anilines is 1. The molecule has 0 bridgehead atoms. The molecule has 2 aromatic carbocycles. The van der Waals surface area contributed by atoms with E-state index in [1.807, 2.05) is 30.7 Å². The van der Waals surface area contributed by atoms with E-state index >= 15 is 0 Å². The molecule has 0 amide bonds. The molecular weight excluding hydrogens is 326 g/mol. The van der Waals surface area contributed by atoms with E-state index in [0.29, 0.717) is 12.4 Å². The lowest BCUT2D eigenvalue weighted by molar-refractivity contribution is 0.317. The molecule has 26 heavy (non-hydrogen) atoms. The predicted molar refractivity (Wildman–Crippen MR) is 103 cm³/mol. The van der Waals surface area contributed by atoms with Crippen LogP contribution in [0.3, 0.4) is 0 Å². The molecule has 0 saturated heterocycles. The maximum atomic E-state index is 10.0. The van der Waals surface area contributed by atoms with Crippen molar-refractivity contribution in [3.63, 3.8) is 0 Å². The van der Waals surface area contributed by atoms with Crippen molar-refractivity contribution in [2.45, 2.75) is 33.9 Å². The van der Waals surface area contributed by atoms with Crippen LogP contribution >= 0.6 is 0 Å². The molecule has 0 spiro atoms. The summed E-state index contributed by atoms with van der Waals surface area (Å²) in [5.74, 6) is 0.638. The molecule has 3 aromatic rings. The van der Waals surface area contributed by atoms with Gasteiger partial charge in [0, 0.05) is 16.8 Å². The minimum atomic E-state index is -0.160. The highest BCUT2D eigenvalue weighted by Crippen LogP contribution is 2.42. The van der Waals surface area contributed by atoms with Gasteiger partial charge < -0.3 is 15.2 Å². The van der Waals surface area contributed by atoms with Crippen molar-refractivity contribution in [2.75, 3.05) is 11.9 Å². The summed E-state index contributed by atoms with van der Waals surface area (Å²) in [6.07, 6.45) is -0.160. The second-order valence-corrected chi connectivity index (χ2v) is 6.83. The fourth-order valence-corrected chi connectivity index (χ4v) is 3.67. The van der Waals surface area contributed by atoms with Crippen LogP contribution in [-0.2, 0) is 0 Å². The normalized spacial score (nSPS) is 15.2. The summed E-state index contributed by atoms with van der Waals surface area (Å²) in [4.78, 5) is 0. The Morgan fingerprint density at radius 1 is 1.15 bits per heavy atom. The number of aromatic hydroxyl groups is 1. The molecule has 1 aromatic heterocycles. The van der Waals surface area contributed by atoms with Crippen molar-refractivity contribution >= 4 is 5.69 Å². The van der Waals surface area contributed by atoms with Crippen molar-refractivity contribution in [1.29, 1.82) is 0 Å². The molecule has 0 radical (unpaired) electrons. The number of benzene rings is 2. The van der Waals surface area contributed by atoms with Gasteiger partial charge in [0.15, 0.2) is 11.5 Å². The lowest BCUT2D eigenvalue weighted by Gasteiger charge is -2.31. The Hall–Kier alpha value is -2.95. The molecule has 5 heteroatoms. The molecule has 2 heterocycles. The molecule has 134 valence electrons. The Morgan fingerprint density at radius 2 is 1.96 bits per heavy atom. The Balaban J connectivity index is 1.88. The summed E-state index contributed by atoms with van der Waals surface area (Å²) in [6.45, 7) is 8.65. The van der Waals surface area contributed by atoms with Gasteiger partial charge in [0.05, 0.1) is 18.0 Å². The van der Waals surface area contributed by atoms with Gasteiger partial charge in [0.1, 0.15) is 6.17 Å². The Morgan fingerprint density at radius 3 is 2.73 bits per heavy atom. The quantitative estimate of drug-likeness (QED) is 0.728. The topological polar surface area (TPSA) is 59.3 Å². The molecule has 1 aliphatic rings. The monoisotopic (exact) mass is 349 g/mol. The van der Waals surface area contributed by atoms with E-state index in [1.165, 1.54) is 16.7 Å². The number of nitrogens with one attached hydrogen (secondary N) is 1. The first-order valence-corrected chi connectivity index (χ1v) is 8.88. The summed E-state index contributed by atoms with van der Waals surface area (Å²) >= 11 is 0. The number of ether oxygens (including phenoxy) is 1. The van der Waals surface area contributed by atoms with Gasteiger partial charge in [0.2, 0.25) is 0 Å². The van der Waals surface area contributed by atoms with Crippen molar-refractivity contribution in [3.8, 4) is 22.8 Å². The molecule has 0 aliphatic carbocycles. The van der Waals surface area contributed by atoms with Gasteiger partial charge in [-0.25, -0.2) is 4.68 Å². The maximum Gasteiger partial charge on any atom is 0.161 e. The average Bonchev–Trinajstić information content (AvgIpc) is 2.98. The minimum absolute atomic E-state index is 0.149. The first kappa shape index (κ1) is 16.5. The van der Waals surface area contributed by atoms with E-state index < -0.39 is 0 Å². The predicted octanol–water partition coefficient (Wildman–Crippen LogP) is 4.55. The zero-order valence-corrected chi connectivity index (χ0v) is 15.5. The number of aryl methyl sites for hydroxylation is 3. The van der Waals surface area contributed by atoms with Crippen molar-refractivity contribution in [1.82, 2.24) is 9.78 Å². The van der Waals surface area contributed by atoms with Crippen LogP contribution in [0.25, 0.3) is 11.3 Å². The number of rotatable bonds is 3. The van der Waals surface area contributed by atoms with E-state index in [9.17, 15) is 5.11 Å². The Labute approximate surface area is 153 Å². The van der Waals surface area contributed by atoms with Crippen LogP contribution < -0.4 is 10.1 Å². The van der Waals surface area contributed by atoms with Crippen molar-refractivity contribution in [3.05, 3.63) is 58.8 Å². The first-order valence-electron chi connectivity index (χ1n) is 8.88. The number of phenols is 1. The highest BCUT2D eigenvalue weighted by molar-refractivity contribution is 5.82. The molecule has 2 N–H and O–H groups in total. The fraction of sp³-hybridized carbons (Fsp3) is 0.286. The molecule has 1 atom stereocenters. The van der Waals surface area contributed by atoms with Crippen molar-refractivity contribution in [2.24, 2.45) is 0 Å². The van der Waals surface area contributed by atoms with Gasteiger partial charge in [-0.3, -0.25) is 0 Å². The number of nitrogens with zero attached hydrogens (tertiary/aromatic N) is 2. The SMILES string of the molecule is CCOc1cc([C@@H]2Nc3c(C)cc(C)cc3-c3cc(C)nn32)ccc1O. The number of hydrogen-bond acceptors (Lipinski definition) is 4. The van der Waals surface area contributed by atoms with E-state index in [-0.39, 0.29) is 11.9 Å². The molecule has 4 rings (SSSR count). The number of hydrogen-bond donors (Lipinski definition) is 2. The van der Waals surface area contributed by atoms with Crippen LogP contribution in [0.4, 0.5) is 5.69 Å². The van der Waals surface area contributed by atoms with Gasteiger partial charge in [0.25, 0.3) is 0 Å². The Kier molecular flexibility index (Phi) is 3.87.